The van der Waals surface area contributed by atoms with Crippen LogP contribution in [0.5, 0.6) is 0 Å². The van der Waals surface area contributed by atoms with Gasteiger partial charge in [-0.25, -0.2) is 4.79 Å². The van der Waals surface area contributed by atoms with Crippen LogP contribution in [0.1, 0.15) is 26.3 Å². The number of carbonyl (C=O) groups excluding carboxylic acids is 1. The van der Waals surface area contributed by atoms with Gasteiger partial charge in [0.2, 0.25) is 0 Å². The Balaban J connectivity index is 2.44. The van der Waals surface area contributed by atoms with Gasteiger partial charge in [0.05, 0.1) is 6.10 Å². The molecule has 0 bridgehead atoms. The van der Waals surface area contributed by atoms with Crippen LogP contribution in [0.15, 0.2) is 30.3 Å². The van der Waals surface area contributed by atoms with E-state index in [1.807, 2.05) is 51.1 Å². The van der Waals surface area contributed by atoms with Gasteiger partial charge in [-0.05, 0) is 26.3 Å². The van der Waals surface area contributed by atoms with Crippen molar-refractivity contribution in [2.75, 3.05) is 19.7 Å². The molecule has 0 aliphatic heterocycles. The first-order chi connectivity index (χ1) is 9.17. The van der Waals surface area contributed by atoms with Crippen molar-refractivity contribution in [3.63, 3.8) is 0 Å². The summed E-state index contributed by atoms with van der Waals surface area (Å²) in [7, 11) is 0. The number of amides is 2. The Kier molecular flexibility index (Phi) is 6.97. The summed E-state index contributed by atoms with van der Waals surface area (Å²) in [5.41, 5.74) is 1.14. The van der Waals surface area contributed by atoms with Gasteiger partial charge in [-0.2, -0.15) is 0 Å². The molecule has 4 heteroatoms. The molecule has 1 rings (SSSR count). The molecule has 0 heterocycles. The second-order valence-electron chi connectivity index (χ2n) is 4.45. The fraction of sp³-hybridized carbons (Fsp3) is 0.533. The number of ether oxygens (including phenoxy) is 1. The van der Waals surface area contributed by atoms with Gasteiger partial charge in [-0.1, -0.05) is 30.3 Å². The normalized spacial score (nSPS) is 11.9. The van der Waals surface area contributed by atoms with Crippen molar-refractivity contribution in [1.29, 1.82) is 0 Å². The molecular weight excluding hydrogens is 240 g/mol. The number of carbonyl (C=O) groups is 1. The van der Waals surface area contributed by atoms with Crippen molar-refractivity contribution in [3.8, 4) is 0 Å². The van der Waals surface area contributed by atoms with Crippen LogP contribution >= 0.6 is 0 Å². The fourth-order valence-electron chi connectivity index (χ4n) is 1.82. The highest BCUT2D eigenvalue weighted by Gasteiger charge is 2.12. The largest absolute Gasteiger partial charge is 0.377 e. The first-order valence-electron chi connectivity index (χ1n) is 6.85. The fourth-order valence-corrected chi connectivity index (χ4v) is 1.82. The second kappa shape index (κ2) is 8.53. The van der Waals surface area contributed by atoms with Crippen molar-refractivity contribution >= 4 is 6.03 Å². The quantitative estimate of drug-likeness (QED) is 0.822. The van der Waals surface area contributed by atoms with E-state index >= 15 is 0 Å². The Hall–Kier alpha value is -1.55. The lowest BCUT2D eigenvalue weighted by molar-refractivity contribution is 0.0761. The molecule has 0 fully saturated rings. The maximum atomic E-state index is 12.0. The highest BCUT2D eigenvalue weighted by atomic mass is 16.5. The van der Waals surface area contributed by atoms with Crippen molar-refractivity contribution in [2.45, 2.75) is 33.4 Å². The van der Waals surface area contributed by atoms with E-state index in [2.05, 4.69) is 5.32 Å². The molecule has 106 valence electrons. The van der Waals surface area contributed by atoms with Gasteiger partial charge in [0, 0.05) is 26.2 Å². The van der Waals surface area contributed by atoms with Gasteiger partial charge in [-0.15, -0.1) is 0 Å². The Morgan fingerprint density at radius 3 is 2.58 bits per heavy atom. The lowest BCUT2D eigenvalue weighted by Gasteiger charge is -2.22. The summed E-state index contributed by atoms with van der Waals surface area (Å²) in [6, 6.07) is 9.95. The monoisotopic (exact) mass is 264 g/mol. The third kappa shape index (κ3) is 5.75. The average molecular weight is 264 g/mol. The summed E-state index contributed by atoms with van der Waals surface area (Å²) in [6.07, 6.45) is 0.0457. The molecule has 1 atom stereocenters. The van der Waals surface area contributed by atoms with Gasteiger partial charge in [0.25, 0.3) is 0 Å². The van der Waals surface area contributed by atoms with Crippen molar-refractivity contribution in [1.82, 2.24) is 10.2 Å². The van der Waals surface area contributed by atoms with Crippen LogP contribution in [0.4, 0.5) is 4.79 Å². The molecule has 0 aromatic heterocycles. The minimum atomic E-state index is -0.0436. The molecule has 0 aliphatic rings. The molecule has 0 saturated heterocycles. The highest BCUT2D eigenvalue weighted by molar-refractivity contribution is 5.74. The molecule has 1 N–H and O–H groups in total. The van der Waals surface area contributed by atoms with E-state index in [4.69, 9.17) is 4.74 Å². The molecule has 0 saturated carbocycles. The summed E-state index contributed by atoms with van der Waals surface area (Å²) >= 11 is 0. The first-order valence-corrected chi connectivity index (χ1v) is 6.85. The second-order valence-corrected chi connectivity index (χ2v) is 4.45. The van der Waals surface area contributed by atoms with E-state index in [1.54, 1.807) is 4.90 Å². The Labute approximate surface area is 115 Å². The summed E-state index contributed by atoms with van der Waals surface area (Å²) in [6.45, 7) is 8.41. The van der Waals surface area contributed by atoms with E-state index in [0.717, 1.165) is 5.56 Å². The van der Waals surface area contributed by atoms with Crippen molar-refractivity contribution in [3.05, 3.63) is 35.9 Å². The van der Waals surface area contributed by atoms with E-state index < -0.39 is 0 Å². The predicted octanol–water partition coefficient (Wildman–Crippen LogP) is 2.64. The standard InChI is InChI=1S/C15H24N2O2/c1-4-17(12-14-9-7-6-8-10-14)15(18)16-11-13(3)19-5-2/h6-10,13H,4-5,11-12H2,1-3H3,(H,16,18)/t13-/m1/s1. The number of benzene rings is 1. The number of nitrogens with one attached hydrogen (secondary N) is 1. The van der Waals surface area contributed by atoms with Gasteiger partial charge in [-0.3, -0.25) is 0 Å². The Morgan fingerprint density at radius 2 is 2.00 bits per heavy atom. The Bertz CT molecular complexity index is 368. The summed E-state index contributed by atoms with van der Waals surface area (Å²) < 4.78 is 5.39. The summed E-state index contributed by atoms with van der Waals surface area (Å²) in [4.78, 5) is 13.8. The van der Waals surface area contributed by atoms with Crippen LogP contribution in [0.25, 0.3) is 0 Å². The van der Waals surface area contributed by atoms with Gasteiger partial charge < -0.3 is 15.0 Å². The molecule has 0 spiro atoms. The first kappa shape index (κ1) is 15.5. The molecule has 1 aromatic rings. The van der Waals surface area contributed by atoms with E-state index in [9.17, 15) is 4.79 Å². The third-order valence-corrected chi connectivity index (χ3v) is 2.88. The summed E-state index contributed by atoms with van der Waals surface area (Å²) in [5.74, 6) is 0. The molecule has 4 nitrogen and oxygen atoms in total. The number of nitrogens with zero attached hydrogens (tertiary/aromatic N) is 1. The van der Waals surface area contributed by atoms with Gasteiger partial charge in [0.15, 0.2) is 0 Å². The summed E-state index contributed by atoms with van der Waals surface area (Å²) in [5, 5.41) is 2.90. The van der Waals surface area contributed by atoms with Crippen molar-refractivity contribution < 1.29 is 9.53 Å². The van der Waals surface area contributed by atoms with E-state index in [1.165, 1.54) is 0 Å². The third-order valence-electron chi connectivity index (χ3n) is 2.88. The van der Waals surface area contributed by atoms with Crippen LogP contribution in [-0.4, -0.2) is 36.7 Å². The van der Waals surface area contributed by atoms with Gasteiger partial charge in [0.1, 0.15) is 0 Å². The van der Waals surface area contributed by atoms with Crippen LogP contribution in [0, 0.1) is 0 Å². The number of hydrogen-bond acceptors (Lipinski definition) is 2. The number of urea groups is 1. The minimum absolute atomic E-state index is 0.0436. The van der Waals surface area contributed by atoms with Crippen molar-refractivity contribution in [2.24, 2.45) is 0 Å². The number of rotatable bonds is 7. The predicted molar refractivity (Wildman–Crippen MR) is 77.0 cm³/mol. The van der Waals surface area contributed by atoms with Crippen LogP contribution in [0.2, 0.25) is 0 Å². The average Bonchev–Trinajstić information content (AvgIpc) is 2.43. The van der Waals surface area contributed by atoms with E-state index in [-0.39, 0.29) is 12.1 Å². The molecule has 19 heavy (non-hydrogen) atoms. The number of hydrogen-bond donors (Lipinski definition) is 1. The minimum Gasteiger partial charge on any atom is -0.377 e. The highest BCUT2D eigenvalue weighted by Crippen LogP contribution is 2.04. The molecule has 0 radical (unpaired) electrons. The zero-order chi connectivity index (χ0) is 14.1. The molecule has 0 unspecified atom stereocenters. The molecule has 1 aromatic carbocycles. The SMILES string of the molecule is CCO[C@H](C)CNC(=O)N(CC)Cc1ccccc1. The Morgan fingerprint density at radius 1 is 1.32 bits per heavy atom. The zero-order valence-corrected chi connectivity index (χ0v) is 12.1. The maximum Gasteiger partial charge on any atom is 0.317 e. The lowest BCUT2D eigenvalue weighted by Crippen LogP contribution is -2.42. The molecule has 2 amide bonds. The topological polar surface area (TPSA) is 41.6 Å². The smallest absolute Gasteiger partial charge is 0.317 e. The van der Waals surface area contributed by atoms with Crippen LogP contribution in [-0.2, 0) is 11.3 Å². The van der Waals surface area contributed by atoms with Gasteiger partial charge >= 0.3 is 6.03 Å². The zero-order valence-electron chi connectivity index (χ0n) is 12.1. The molecular formula is C15H24N2O2. The van der Waals surface area contributed by atoms with Crippen LogP contribution < -0.4 is 5.32 Å². The van der Waals surface area contributed by atoms with Crippen LogP contribution in [0.3, 0.4) is 0 Å². The molecule has 0 aliphatic carbocycles. The lowest BCUT2D eigenvalue weighted by atomic mass is 10.2. The van der Waals surface area contributed by atoms with E-state index in [0.29, 0.717) is 26.2 Å². The maximum absolute atomic E-state index is 12.0.